The molecule has 0 saturated carbocycles. The molecule has 0 fully saturated rings. The molecule has 3 aromatic heterocycles. The number of hydrogen-bond acceptors (Lipinski definition) is 0. The predicted octanol–water partition coefficient (Wildman–Crippen LogP) is 15.2. The second-order valence-electron chi connectivity index (χ2n) is 16.2. The van der Waals surface area contributed by atoms with Gasteiger partial charge in [0.05, 0.1) is 33.4 Å². The molecule has 0 saturated heterocycles. The number of benzene rings is 10. The average molecular weight is 791 g/mol. The van der Waals surface area contributed by atoms with Gasteiger partial charge in [-0.15, -0.1) is 0 Å². The molecular weight excluding hydrogens is 753 g/mol. The third-order valence-electron chi connectivity index (χ3n) is 12.7. The Kier molecular flexibility index (Phi) is 7.57. The van der Waals surface area contributed by atoms with E-state index in [-0.39, 0.29) is 0 Å². The van der Waals surface area contributed by atoms with Gasteiger partial charge in [-0.1, -0.05) is 127 Å². The van der Waals surface area contributed by atoms with Gasteiger partial charge in [-0.05, 0) is 119 Å². The van der Waals surface area contributed by atoms with Crippen molar-refractivity contribution in [3.63, 3.8) is 0 Å². The third kappa shape index (κ3) is 5.20. The van der Waals surface area contributed by atoms with Gasteiger partial charge in [0.2, 0.25) is 0 Å². The summed E-state index contributed by atoms with van der Waals surface area (Å²) in [5.74, 6) is 0. The molecule has 290 valence electrons. The Hall–Kier alpha value is -8.34. The Balaban J connectivity index is 1.25. The average Bonchev–Trinajstić information content (AvgIpc) is 3.85. The van der Waals surface area contributed by atoms with Crippen LogP contribution in [0.1, 0.15) is 0 Å². The zero-order valence-corrected chi connectivity index (χ0v) is 33.7. The molecule has 0 aliphatic rings. The number of hydrogen-bond donors (Lipinski definition) is 0. The zero-order valence-electron chi connectivity index (χ0n) is 33.7. The standard InChI is InChI=1S/C58H38N4/c1-3-19-42(20-4-1)59-44-23-11-17-40(35-44)41-18-12-24-45(36-41)60(47-32-34-56-52(38-47)51-37-46(59)31-33-55(51)61(56)43-21-5-2-6-22-43)57-30-14-27-50-49-26-9-10-28-54(49)62(58(50)57)53-29-13-16-39-15-7-8-25-48(39)53/h1-38H. The van der Waals surface area contributed by atoms with E-state index in [1.165, 1.54) is 37.8 Å². The van der Waals surface area contributed by atoms with Crippen molar-refractivity contribution < 1.29 is 0 Å². The van der Waals surface area contributed by atoms with Crippen LogP contribution in [0.5, 0.6) is 0 Å². The minimum atomic E-state index is 1.08. The molecule has 3 heterocycles. The monoisotopic (exact) mass is 790 g/mol. The molecule has 0 radical (unpaired) electrons. The van der Waals surface area contributed by atoms with Gasteiger partial charge in [0.25, 0.3) is 0 Å². The SMILES string of the molecule is c1ccc(-n2c3cccc(c3)c3cccc(c3)n(-c3cccc4c5ccccc5n(-c5cccc6ccccc56)c34)c3ccc4c(c3)c3cc2ccc3n4-c2ccccc2)cc1. The summed E-state index contributed by atoms with van der Waals surface area (Å²) < 4.78 is 9.76. The Morgan fingerprint density at radius 1 is 0.226 bits per heavy atom. The van der Waals surface area contributed by atoms with Gasteiger partial charge in [-0.25, -0.2) is 0 Å². The van der Waals surface area contributed by atoms with Gasteiger partial charge in [0, 0.05) is 60.4 Å². The van der Waals surface area contributed by atoms with E-state index >= 15 is 0 Å². The highest BCUT2D eigenvalue weighted by atomic mass is 15.1. The Bertz CT molecular complexity index is 3970. The summed E-state index contributed by atoms with van der Waals surface area (Å²) in [6.45, 7) is 0. The highest BCUT2D eigenvalue weighted by Crippen LogP contribution is 2.40. The van der Waals surface area contributed by atoms with E-state index in [1.807, 2.05) is 0 Å². The molecule has 0 unspecified atom stereocenters. The Morgan fingerprint density at radius 3 is 1.40 bits per heavy atom. The molecule has 4 heteroatoms. The number of aromatic nitrogens is 4. The molecule has 8 bridgehead atoms. The highest BCUT2D eigenvalue weighted by molar-refractivity contribution is 6.15. The van der Waals surface area contributed by atoms with Crippen molar-refractivity contribution in [3.05, 3.63) is 231 Å². The van der Waals surface area contributed by atoms with E-state index in [0.29, 0.717) is 0 Å². The van der Waals surface area contributed by atoms with Crippen LogP contribution in [0.4, 0.5) is 0 Å². The first-order valence-electron chi connectivity index (χ1n) is 21.3. The summed E-state index contributed by atoms with van der Waals surface area (Å²) in [6, 6.07) is 84.5. The van der Waals surface area contributed by atoms with E-state index in [4.69, 9.17) is 0 Å². The van der Waals surface area contributed by atoms with Gasteiger partial charge in [-0.3, -0.25) is 0 Å². The maximum Gasteiger partial charge on any atom is 0.0782 e. The number of fused-ring (bicyclic) bond motifs is 11. The lowest BCUT2D eigenvalue weighted by Gasteiger charge is -2.17. The molecule has 4 nitrogen and oxygen atoms in total. The van der Waals surface area contributed by atoms with Crippen molar-refractivity contribution in [1.82, 2.24) is 18.3 Å². The van der Waals surface area contributed by atoms with Crippen molar-refractivity contribution in [2.45, 2.75) is 0 Å². The van der Waals surface area contributed by atoms with Gasteiger partial charge in [0.15, 0.2) is 0 Å². The fraction of sp³-hybridized carbons (Fsp3) is 0. The van der Waals surface area contributed by atoms with Crippen LogP contribution in [0.2, 0.25) is 0 Å². The normalized spacial score (nSPS) is 11.9. The van der Waals surface area contributed by atoms with Crippen LogP contribution in [-0.2, 0) is 0 Å². The number of rotatable bonds is 4. The molecule has 0 atom stereocenters. The number of para-hydroxylation sites is 4. The lowest BCUT2D eigenvalue weighted by atomic mass is 10.1. The molecule has 0 N–H and O–H groups in total. The smallest absolute Gasteiger partial charge is 0.0782 e. The Labute approximate surface area is 357 Å². The van der Waals surface area contributed by atoms with Gasteiger partial charge in [0.1, 0.15) is 0 Å². The summed E-state index contributed by atoms with van der Waals surface area (Å²) in [5.41, 5.74) is 13.5. The minimum absolute atomic E-state index is 1.08. The van der Waals surface area contributed by atoms with E-state index in [2.05, 4.69) is 249 Å². The first kappa shape index (κ1) is 34.5. The van der Waals surface area contributed by atoms with Crippen molar-refractivity contribution in [2.24, 2.45) is 0 Å². The van der Waals surface area contributed by atoms with Crippen molar-refractivity contribution >= 4 is 87.2 Å². The van der Waals surface area contributed by atoms with E-state index in [0.717, 1.165) is 72.1 Å². The molecule has 13 aromatic rings. The lowest BCUT2D eigenvalue weighted by molar-refractivity contribution is 1.13. The topological polar surface area (TPSA) is 19.7 Å². The summed E-state index contributed by atoms with van der Waals surface area (Å²) in [4.78, 5) is 0. The second kappa shape index (κ2) is 13.6. The van der Waals surface area contributed by atoms with Crippen LogP contribution in [-0.4, -0.2) is 18.3 Å². The summed E-state index contributed by atoms with van der Waals surface area (Å²) in [6.07, 6.45) is 0. The van der Waals surface area contributed by atoms with Crippen LogP contribution in [0.25, 0.3) is 110 Å². The number of nitrogens with zero attached hydrogens (tertiary/aromatic N) is 4. The summed E-state index contributed by atoms with van der Waals surface area (Å²) in [5, 5.41) is 9.53. The Morgan fingerprint density at radius 2 is 0.694 bits per heavy atom. The van der Waals surface area contributed by atoms with Gasteiger partial charge >= 0.3 is 0 Å². The molecular formula is C58H38N4. The van der Waals surface area contributed by atoms with E-state index in [1.54, 1.807) is 0 Å². The predicted molar refractivity (Wildman–Crippen MR) is 261 cm³/mol. The zero-order chi connectivity index (χ0) is 40.7. The second-order valence-corrected chi connectivity index (χ2v) is 16.2. The van der Waals surface area contributed by atoms with E-state index < -0.39 is 0 Å². The molecule has 0 aliphatic carbocycles. The fourth-order valence-corrected chi connectivity index (χ4v) is 10.1. The maximum absolute atomic E-state index is 2.49. The molecule has 13 rings (SSSR count). The first-order chi connectivity index (χ1) is 30.8. The fourth-order valence-electron chi connectivity index (χ4n) is 10.1. The van der Waals surface area contributed by atoms with Crippen LogP contribution in [0.3, 0.4) is 0 Å². The van der Waals surface area contributed by atoms with Crippen LogP contribution < -0.4 is 0 Å². The highest BCUT2D eigenvalue weighted by Gasteiger charge is 2.20. The molecule has 0 aliphatic heterocycles. The van der Waals surface area contributed by atoms with Crippen molar-refractivity contribution in [1.29, 1.82) is 0 Å². The summed E-state index contributed by atoms with van der Waals surface area (Å²) >= 11 is 0. The first-order valence-corrected chi connectivity index (χ1v) is 21.3. The lowest BCUT2D eigenvalue weighted by Crippen LogP contribution is -2.02. The van der Waals surface area contributed by atoms with Crippen LogP contribution in [0.15, 0.2) is 231 Å². The van der Waals surface area contributed by atoms with E-state index in [9.17, 15) is 0 Å². The molecule has 0 spiro atoms. The summed E-state index contributed by atoms with van der Waals surface area (Å²) in [7, 11) is 0. The molecule has 62 heavy (non-hydrogen) atoms. The van der Waals surface area contributed by atoms with Crippen molar-refractivity contribution in [3.8, 4) is 22.7 Å². The van der Waals surface area contributed by atoms with Gasteiger partial charge < -0.3 is 18.3 Å². The quantitative estimate of drug-likeness (QED) is 0.169. The molecule has 0 amide bonds. The van der Waals surface area contributed by atoms with Gasteiger partial charge in [-0.2, -0.15) is 0 Å². The third-order valence-corrected chi connectivity index (χ3v) is 12.7. The van der Waals surface area contributed by atoms with Crippen LogP contribution >= 0.6 is 0 Å². The van der Waals surface area contributed by atoms with Crippen LogP contribution in [0, 0.1) is 0 Å². The molecule has 10 aromatic carbocycles. The largest absolute Gasteiger partial charge is 0.310 e. The van der Waals surface area contributed by atoms with Crippen molar-refractivity contribution in [2.75, 3.05) is 0 Å². The maximum atomic E-state index is 2.49. The minimum Gasteiger partial charge on any atom is -0.310 e.